The number of benzene rings is 9. The molecule has 8 nitrogen and oxygen atoms in total. The zero-order chi connectivity index (χ0) is 53.0. The van der Waals surface area contributed by atoms with Crippen LogP contribution in [0.2, 0.25) is 0 Å². The Labute approximate surface area is 453 Å². The van der Waals surface area contributed by atoms with Crippen molar-refractivity contribution in [3.8, 4) is 23.0 Å². The minimum absolute atomic E-state index is 0. The maximum atomic E-state index is 9.13. The number of pyridine rings is 1. The first kappa shape index (κ1) is 40.8. The number of rotatable bonds is 6. The molecule has 0 aliphatic carbocycles. The topological polar surface area (TPSA) is 48.3 Å². The third-order valence-corrected chi connectivity index (χ3v) is 15.2. The van der Waals surface area contributed by atoms with Gasteiger partial charge in [0.1, 0.15) is 5.82 Å². The zero-order valence-corrected chi connectivity index (χ0v) is 43.9. The van der Waals surface area contributed by atoms with Crippen LogP contribution in [-0.2, 0) is 40.6 Å². The second kappa shape index (κ2) is 16.7. The molecule has 14 aromatic rings. The molecule has 1 aliphatic heterocycles. The molecule has 0 atom stereocenters. The molecule has 0 spiro atoms. The van der Waals surface area contributed by atoms with Crippen molar-refractivity contribution in [3.63, 3.8) is 0 Å². The van der Waals surface area contributed by atoms with E-state index < -0.39 is 0 Å². The molecule has 75 heavy (non-hydrogen) atoms. The molecule has 0 bridgehead atoms. The van der Waals surface area contributed by atoms with E-state index in [1.807, 2.05) is 59.3 Å². The second-order valence-corrected chi connectivity index (χ2v) is 20.4. The second-order valence-electron chi connectivity index (χ2n) is 20.4. The molecule has 0 amide bonds. The van der Waals surface area contributed by atoms with Gasteiger partial charge in [0.25, 0.3) is 0 Å². The Kier molecular flexibility index (Phi) is 9.11. The predicted octanol–water partition coefficient (Wildman–Crippen LogP) is 16.7. The van der Waals surface area contributed by atoms with E-state index in [-0.39, 0.29) is 50.6 Å². The summed E-state index contributed by atoms with van der Waals surface area (Å²) in [6, 6.07) is 62.9. The molecule has 9 heteroatoms. The Morgan fingerprint density at radius 1 is 0.520 bits per heavy atom. The maximum Gasteiger partial charge on any atom is 0.135 e. The predicted molar refractivity (Wildman–Crippen MR) is 305 cm³/mol. The van der Waals surface area contributed by atoms with Gasteiger partial charge in [-0.1, -0.05) is 111 Å². The van der Waals surface area contributed by atoms with Gasteiger partial charge in [0.05, 0.1) is 33.2 Å². The van der Waals surface area contributed by atoms with Gasteiger partial charge in [0.2, 0.25) is 0 Å². The van der Waals surface area contributed by atoms with Gasteiger partial charge >= 0.3 is 0 Å². The number of fused-ring (bicyclic) bond motifs is 13. The summed E-state index contributed by atoms with van der Waals surface area (Å²) >= 11 is 0. The van der Waals surface area contributed by atoms with E-state index in [2.05, 4.69) is 192 Å². The van der Waals surface area contributed by atoms with Crippen LogP contribution < -0.4 is 14.5 Å². The van der Waals surface area contributed by atoms with E-state index in [9.17, 15) is 0 Å². The SMILES string of the molecule is [2H]c1c([2H])c([2H])c2c(c1[2H])c1ccccc1n2-c1ccc2c(c1)c1ccc(Oc3[c-]c(N4[CH-]N(c5c6c(cc7c8ccccc8n(C)c57)c5ccccc5n6C)c5ccccc54)ccc3)[c-]c1n2-c1cc(C(C)(C)C)ccn1.[Pt]. The van der Waals surface area contributed by atoms with Gasteiger partial charge in [0, 0.05) is 119 Å². The van der Waals surface area contributed by atoms with Crippen molar-refractivity contribution in [2.75, 3.05) is 9.80 Å². The van der Waals surface area contributed by atoms with Crippen molar-refractivity contribution in [3.05, 3.63) is 219 Å². The van der Waals surface area contributed by atoms with E-state index in [0.29, 0.717) is 22.4 Å². The van der Waals surface area contributed by atoms with Crippen LogP contribution in [-0.4, -0.2) is 23.3 Å². The molecule has 0 radical (unpaired) electrons. The number of aryl methyl sites for hydroxylation is 2. The molecule has 1 aliphatic rings. The Balaban J connectivity index is 0.00000564. The van der Waals surface area contributed by atoms with Crippen LogP contribution in [0.1, 0.15) is 31.8 Å². The Hall–Kier alpha value is -8.58. The monoisotopic (exact) mass is 1150 g/mol. The summed E-state index contributed by atoms with van der Waals surface area (Å²) in [6.07, 6.45) is 1.86. The Bertz CT molecular complexity index is 4820. The normalized spacial score (nSPS) is 13.7. The third-order valence-electron chi connectivity index (χ3n) is 15.2. The van der Waals surface area contributed by atoms with Crippen LogP contribution in [0.5, 0.6) is 11.5 Å². The Morgan fingerprint density at radius 3 is 1.87 bits per heavy atom. The van der Waals surface area contributed by atoms with Crippen LogP contribution >= 0.6 is 0 Å². The van der Waals surface area contributed by atoms with Gasteiger partial charge in [0.15, 0.2) is 0 Å². The van der Waals surface area contributed by atoms with Crippen LogP contribution in [0, 0.1) is 18.8 Å². The van der Waals surface area contributed by atoms with Gasteiger partial charge in [-0.25, -0.2) is 4.98 Å². The minimum Gasteiger partial charge on any atom is -0.509 e. The summed E-state index contributed by atoms with van der Waals surface area (Å²) in [5.41, 5.74) is 13.2. The summed E-state index contributed by atoms with van der Waals surface area (Å²) < 4.78 is 50.9. The smallest absolute Gasteiger partial charge is 0.135 e. The molecule has 6 heterocycles. The van der Waals surface area contributed by atoms with Crippen LogP contribution in [0.25, 0.3) is 98.7 Å². The molecule has 9 aromatic carbocycles. The Morgan fingerprint density at radius 2 is 1.15 bits per heavy atom. The van der Waals surface area contributed by atoms with Crippen molar-refractivity contribution in [1.82, 2.24) is 23.3 Å². The molecular weight excluding hydrogens is 1100 g/mol. The number of hydrogen-bond acceptors (Lipinski definition) is 4. The molecule has 0 fully saturated rings. The molecule has 366 valence electrons. The summed E-state index contributed by atoms with van der Waals surface area (Å²) in [7, 11) is 4.34. The minimum atomic E-state index is -0.272. The zero-order valence-electron chi connectivity index (χ0n) is 45.6. The molecular formula is C66H48N7OPt-3. The number of anilines is 4. The first-order valence-electron chi connectivity index (χ1n) is 26.9. The van der Waals surface area contributed by atoms with Gasteiger partial charge in [-0.15, -0.1) is 48.1 Å². The fourth-order valence-electron chi connectivity index (χ4n) is 11.7. The summed E-state index contributed by atoms with van der Waals surface area (Å²) in [4.78, 5) is 9.49. The average Bonchev–Trinajstić information content (AvgIpc) is 4.26. The molecule has 0 unspecified atom stereocenters. The van der Waals surface area contributed by atoms with Gasteiger partial charge < -0.3 is 32.8 Å². The average molecular weight is 1150 g/mol. The van der Waals surface area contributed by atoms with E-state index in [1.165, 1.54) is 32.6 Å². The number of nitrogens with zero attached hydrogens (tertiary/aromatic N) is 7. The largest absolute Gasteiger partial charge is 0.509 e. The third kappa shape index (κ3) is 6.68. The quantitative estimate of drug-likeness (QED) is 0.156. The van der Waals surface area contributed by atoms with Crippen molar-refractivity contribution in [2.24, 2.45) is 14.1 Å². The number of hydrogen-bond donors (Lipinski definition) is 0. The van der Waals surface area contributed by atoms with E-state index in [1.54, 1.807) is 0 Å². The van der Waals surface area contributed by atoms with Crippen molar-refractivity contribution in [2.45, 2.75) is 26.2 Å². The van der Waals surface area contributed by atoms with E-state index in [0.717, 1.165) is 83.6 Å². The van der Waals surface area contributed by atoms with Crippen molar-refractivity contribution >= 4 is 110 Å². The molecule has 15 rings (SSSR count). The number of aromatic nitrogens is 5. The van der Waals surface area contributed by atoms with Crippen LogP contribution in [0.15, 0.2) is 194 Å². The fraction of sp³-hybridized carbons (Fsp3) is 0.0909. The number of ether oxygens (including phenoxy) is 1. The first-order chi connectivity index (χ1) is 37.8. The molecule has 5 aromatic heterocycles. The molecule has 0 N–H and O–H groups in total. The summed E-state index contributed by atoms with van der Waals surface area (Å²) in [5.74, 6) is 1.75. The number of para-hydroxylation sites is 6. The van der Waals surface area contributed by atoms with Crippen LogP contribution in [0.3, 0.4) is 0 Å². The fourth-order valence-corrected chi connectivity index (χ4v) is 11.7. The van der Waals surface area contributed by atoms with Gasteiger partial charge in [-0.2, -0.15) is 12.1 Å². The first-order valence-corrected chi connectivity index (χ1v) is 24.9. The van der Waals surface area contributed by atoms with Gasteiger partial charge in [-0.3, -0.25) is 0 Å². The maximum absolute atomic E-state index is 9.13. The van der Waals surface area contributed by atoms with Gasteiger partial charge in [-0.05, 0) is 89.1 Å². The van der Waals surface area contributed by atoms with E-state index >= 15 is 0 Å². The summed E-state index contributed by atoms with van der Waals surface area (Å²) in [6.45, 7) is 8.76. The molecule has 0 saturated carbocycles. The van der Waals surface area contributed by atoms with Crippen molar-refractivity contribution in [1.29, 1.82) is 0 Å². The van der Waals surface area contributed by atoms with E-state index in [4.69, 9.17) is 15.2 Å². The van der Waals surface area contributed by atoms with Crippen LogP contribution in [0.4, 0.5) is 22.7 Å². The molecule has 0 saturated heterocycles. The van der Waals surface area contributed by atoms with Crippen molar-refractivity contribution < 1.29 is 31.3 Å². The summed E-state index contributed by atoms with van der Waals surface area (Å²) in [5, 5.41) is 7.89. The standard InChI is InChI=1S/C66H48N7O.Pt/c1-66(2,3)41-33-34-67-62(35-41)73-58-32-29-43(72-56-25-12-8-19-46(56)47-20-9-13-26-57(47)72)37-51(58)50-31-30-45(38-61(50)73)74-44-18-16-17-42(36-44)70-40-71(60-28-15-14-27-59(60)70)65-63-52(48-21-6-10-23-54(48)68(63)4)39-53-49-22-7-11-24-55(49)69(5)64(53)65;/h6-35,37,39-40H,1-5H3;/q-3;/i8D,12D,19D,25D;.